The first-order chi connectivity index (χ1) is 11.3. The number of hydrogen-bond donors (Lipinski definition) is 0. The van der Waals surface area contributed by atoms with Crippen LogP contribution < -0.4 is 4.80 Å². The third kappa shape index (κ3) is 3.51. The minimum Gasteiger partial charge on any atom is -0.320 e. The van der Waals surface area contributed by atoms with Crippen LogP contribution in [0.25, 0.3) is 0 Å². The Kier molecular flexibility index (Phi) is 4.47. The molecule has 1 aromatic heterocycles. The van der Waals surface area contributed by atoms with Gasteiger partial charge < -0.3 is 4.57 Å². The Morgan fingerprint density at radius 3 is 2.58 bits per heavy atom. The number of benzene rings is 1. The standard InChI is InChI=1S/C19H23FN2OS/c1-12-16(19(2,3)4)24-18(22(12)11-13-9-10-13)21-17(23)14-7-5-6-8-15(14)20/h5-8,13H,9-11H2,1-4H3. The highest BCUT2D eigenvalue weighted by Crippen LogP contribution is 2.33. The summed E-state index contributed by atoms with van der Waals surface area (Å²) in [5, 5.41) is 0. The van der Waals surface area contributed by atoms with Crippen LogP contribution in [0.4, 0.5) is 4.39 Å². The van der Waals surface area contributed by atoms with Crippen molar-refractivity contribution in [2.75, 3.05) is 0 Å². The summed E-state index contributed by atoms with van der Waals surface area (Å²) in [5.41, 5.74) is 1.19. The number of carbonyl (C=O) groups is 1. The van der Waals surface area contributed by atoms with Gasteiger partial charge in [0.1, 0.15) is 5.82 Å². The molecule has 1 aliphatic rings. The lowest BCUT2D eigenvalue weighted by atomic mass is 9.93. The lowest BCUT2D eigenvalue weighted by Crippen LogP contribution is -2.20. The fourth-order valence-electron chi connectivity index (χ4n) is 2.82. The number of carbonyl (C=O) groups excluding carboxylic acids is 1. The lowest BCUT2D eigenvalue weighted by Gasteiger charge is -2.17. The molecular weight excluding hydrogens is 323 g/mol. The predicted octanol–water partition coefficient (Wildman–Crippen LogP) is 4.45. The Bertz CT molecular complexity index is 838. The van der Waals surface area contributed by atoms with E-state index in [1.54, 1.807) is 23.5 Å². The zero-order valence-electron chi connectivity index (χ0n) is 14.6. The molecule has 1 saturated carbocycles. The van der Waals surface area contributed by atoms with Crippen LogP contribution >= 0.6 is 11.3 Å². The molecule has 3 rings (SSSR count). The van der Waals surface area contributed by atoms with Crippen molar-refractivity contribution >= 4 is 17.2 Å². The molecule has 0 bridgehead atoms. The minimum atomic E-state index is -0.524. The first kappa shape index (κ1) is 17.1. The molecule has 1 amide bonds. The van der Waals surface area contributed by atoms with Crippen molar-refractivity contribution in [2.45, 2.75) is 52.5 Å². The summed E-state index contributed by atoms with van der Waals surface area (Å²) < 4.78 is 16.0. The number of nitrogens with zero attached hydrogens (tertiary/aromatic N) is 2. The third-order valence-corrected chi connectivity index (χ3v) is 5.88. The number of hydrogen-bond acceptors (Lipinski definition) is 2. The van der Waals surface area contributed by atoms with Crippen molar-refractivity contribution in [3.05, 3.63) is 51.0 Å². The molecular formula is C19H23FN2OS. The van der Waals surface area contributed by atoms with Gasteiger partial charge in [0.25, 0.3) is 5.91 Å². The normalized spacial score (nSPS) is 15.8. The topological polar surface area (TPSA) is 34.4 Å². The summed E-state index contributed by atoms with van der Waals surface area (Å²) in [5.74, 6) is -0.364. The summed E-state index contributed by atoms with van der Waals surface area (Å²) in [6, 6.07) is 6.01. The molecule has 0 aliphatic heterocycles. The smallest absolute Gasteiger partial charge is 0.282 e. The molecule has 0 saturated heterocycles. The average Bonchev–Trinajstić information content (AvgIpc) is 3.26. The third-order valence-electron chi connectivity index (χ3n) is 4.28. The SMILES string of the molecule is Cc1c(C(C)(C)C)sc(=NC(=O)c2ccccc2F)n1CC1CC1. The maximum absolute atomic E-state index is 13.9. The Balaban J connectivity index is 2.08. The molecule has 1 aromatic carbocycles. The van der Waals surface area contributed by atoms with Crippen molar-refractivity contribution < 1.29 is 9.18 Å². The van der Waals surface area contributed by atoms with E-state index in [2.05, 4.69) is 37.3 Å². The second kappa shape index (κ2) is 6.28. The summed E-state index contributed by atoms with van der Waals surface area (Å²) >= 11 is 1.54. The van der Waals surface area contributed by atoms with Crippen molar-refractivity contribution in [1.82, 2.24) is 4.57 Å². The van der Waals surface area contributed by atoms with Crippen LogP contribution in [0.1, 0.15) is 54.5 Å². The van der Waals surface area contributed by atoms with E-state index in [0.29, 0.717) is 10.7 Å². The zero-order valence-corrected chi connectivity index (χ0v) is 15.4. The lowest BCUT2D eigenvalue weighted by molar-refractivity contribution is 0.0994. The fourth-order valence-corrected chi connectivity index (χ4v) is 4.02. The van der Waals surface area contributed by atoms with Crippen molar-refractivity contribution in [3.8, 4) is 0 Å². The number of aromatic nitrogens is 1. The molecule has 128 valence electrons. The minimum absolute atomic E-state index is 0.00509. The molecule has 0 unspecified atom stereocenters. The maximum Gasteiger partial charge on any atom is 0.282 e. The predicted molar refractivity (Wildman–Crippen MR) is 94.8 cm³/mol. The Morgan fingerprint density at radius 1 is 1.33 bits per heavy atom. The van der Waals surface area contributed by atoms with E-state index >= 15 is 0 Å². The van der Waals surface area contributed by atoms with Crippen LogP contribution in [0.15, 0.2) is 29.3 Å². The van der Waals surface area contributed by atoms with E-state index in [-0.39, 0.29) is 11.0 Å². The molecule has 0 spiro atoms. The number of thiazole rings is 1. The number of amides is 1. The second-order valence-electron chi connectivity index (χ2n) is 7.50. The molecule has 0 N–H and O–H groups in total. The Labute approximate surface area is 145 Å². The molecule has 3 nitrogen and oxygen atoms in total. The number of halogens is 1. The van der Waals surface area contributed by atoms with E-state index in [9.17, 15) is 9.18 Å². The zero-order chi connectivity index (χ0) is 17.5. The largest absolute Gasteiger partial charge is 0.320 e. The highest BCUT2D eigenvalue weighted by Gasteiger charge is 2.27. The van der Waals surface area contributed by atoms with Gasteiger partial charge in [-0.1, -0.05) is 32.9 Å². The molecule has 2 aromatic rings. The van der Waals surface area contributed by atoms with Crippen LogP contribution in [0.5, 0.6) is 0 Å². The van der Waals surface area contributed by atoms with Gasteiger partial charge in [0.05, 0.1) is 5.56 Å². The summed E-state index contributed by atoms with van der Waals surface area (Å²) in [6.45, 7) is 9.47. The Morgan fingerprint density at radius 2 is 2.00 bits per heavy atom. The van der Waals surface area contributed by atoms with Gasteiger partial charge >= 0.3 is 0 Å². The quantitative estimate of drug-likeness (QED) is 0.809. The van der Waals surface area contributed by atoms with Gasteiger partial charge in [-0.2, -0.15) is 4.99 Å². The molecule has 24 heavy (non-hydrogen) atoms. The van der Waals surface area contributed by atoms with E-state index in [4.69, 9.17) is 0 Å². The van der Waals surface area contributed by atoms with Crippen molar-refractivity contribution in [3.63, 3.8) is 0 Å². The first-order valence-electron chi connectivity index (χ1n) is 8.31. The molecule has 1 aliphatic carbocycles. The molecule has 0 radical (unpaired) electrons. The van der Waals surface area contributed by atoms with Gasteiger partial charge in [-0.25, -0.2) is 4.39 Å². The highest BCUT2D eigenvalue weighted by atomic mass is 32.1. The van der Waals surface area contributed by atoms with Gasteiger partial charge in [-0.3, -0.25) is 4.79 Å². The number of rotatable bonds is 3. The monoisotopic (exact) mass is 346 g/mol. The molecule has 0 atom stereocenters. The molecule has 5 heteroatoms. The van der Waals surface area contributed by atoms with Crippen LogP contribution in [0.2, 0.25) is 0 Å². The van der Waals surface area contributed by atoms with E-state index < -0.39 is 11.7 Å². The molecule has 1 heterocycles. The van der Waals surface area contributed by atoms with E-state index in [1.807, 2.05) is 0 Å². The van der Waals surface area contributed by atoms with Gasteiger partial charge in [0, 0.05) is 17.1 Å². The van der Waals surface area contributed by atoms with Crippen molar-refractivity contribution in [1.29, 1.82) is 0 Å². The average molecular weight is 346 g/mol. The van der Waals surface area contributed by atoms with Crippen molar-refractivity contribution in [2.24, 2.45) is 10.9 Å². The summed E-state index contributed by atoms with van der Waals surface area (Å²) in [7, 11) is 0. The highest BCUT2D eigenvalue weighted by molar-refractivity contribution is 7.09. The van der Waals surface area contributed by atoms with Crippen LogP contribution in [-0.2, 0) is 12.0 Å². The van der Waals surface area contributed by atoms with E-state index in [0.717, 1.165) is 6.54 Å². The van der Waals surface area contributed by atoms with Gasteiger partial charge in [-0.05, 0) is 43.2 Å². The molecule has 1 fully saturated rings. The van der Waals surface area contributed by atoms with Gasteiger partial charge in [0.15, 0.2) is 4.80 Å². The Hall–Kier alpha value is -1.75. The summed E-state index contributed by atoms with van der Waals surface area (Å²) in [4.78, 5) is 18.6. The second-order valence-corrected chi connectivity index (χ2v) is 8.48. The first-order valence-corrected chi connectivity index (χ1v) is 9.13. The van der Waals surface area contributed by atoms with Crippen LogP contribution in [0, 0.1) is 18.7 Å². The van der Waals surface area contributed by atoms with E-state index in [1.165, 1.54) is 35.5 Å². The van der Waals surface area contributed by atoms with Crippen LogP contribution in [-0.4, -0.2) is 10.5 Å². The fraction of sp³-hybridized carbons (Fsp3) is 0.474. The summed E-state index contributed by atoms with van der Waals surface area (Å²) in [6.07, 6.45) is 2.46. The maximum atomic E-state index is 13.9. The van der Waals surface area contributed by atoms with Gasteiger partial charge in [-0.15, -0.1) is 11.3 Å². The van der Waals surface area contributed by atoms with Gasteiger partial charge in [0.2, 0.25) is 0 Å². The van der Waals surface area contributed by atoms with Crippen LogP contribution in [0.3, 0.4) is 0 Å².